The number of hydrogen-bond acceptors (Lipinski definition) is 3. The van der Waals surface area contributed by atoms with Gasteiger partial charge in [0, 0.05) is 27.7 Å². The molecular formula is C17H29IN4O2. The largest absolute Gasteiger partial charge is 0.492 e. The number of likely N-dealkylation sites (N-methyl/N-ethyl adjacent to an activating group) is 1. The standard InChI is InChI=1S/C17H28N4O2.HI/c1-17(2,15(22)18-3)13-20-16(19-4)21(5)11-12-23-14-9-7-6-8-10-14;/h6-10H,11-13H2,1-5H3,(H,18,22)(H,19,20);1H. The topological polar surface area (TPSA) is 66.0 Å². The highest BCUT2D eigenvalue weighted by atomic mass is 127. The van der Waals surface area contributed by atoms with Crippen LogP contribution < -0.4 is 15.4 Å². The molecule has 1 amide bonds. The number of amides is 1. The van der Waals surface area contributed by atoms with E-state index in [1.165, 1.54) is 0 Å². The molecule has 1 aromatic carbocycles. The number of rotatable bonds is 7. The summed E-state index contributed by atoms with van der Waals surface area (Å²) in [5.74, 6) is 1.58. The molecule has 1 aromatic rings. The van der Waals surface area contributed by atoms with Crippen LogP contribution in [-0.2, 0) is 4.79 Å². The molecular weight excluding hydrogens is 419 g/mol. The monoisotopic (exact) mass is 448 g/mol. The first-order chi connectivity index (χ1) is 10.9. The van der Waals surface area contributed by atoms with Crippen LogP contribution in [-0.4, -0.2) is 57.6 Å². The molecule has 0 unspecified atom stereocenters. The molecule has 0 spiro atoms. The van der Waals surface area contributed by atoms with Gasteiger partial charge >= 0.3 is 0 Å². The van der Waals surface area contributed by atoms with Gasteiger partial charge in [-0.15, -0.1) is 24.0 Å². The fourth-order valence-corrected chi connectivity index (χ4v) is 2.03. The zero-order valence-electron chi connectivity index (χ0n) is 15.1. The summed E-state index contributed by atoms with van der Waals surface area (Å²) in [5, 5.41) is 5.91. The second-order valence-electron chi connectivity index (χ2n) is 5.95. The highest BCUT2D eigenvalue weighted by Crippen LogP contribution is 2.13. The number of para-hydroxylation sites is 1. The van der Waals surface area contributed by atoms with E-state index < -0.39 is 5.41 Å². The first-order valence-electron chi connectivity index (χ1n) is 7.72. The van der Waals surface area contributed by atoms with Gasteiger partial charge in [0.25, 0.3) is 0 Å². The van der Waals surface area contributed by atoms with E-state index in [0.29, 0.717) is 19.7 Å². The fourth-order valence-electron chi connectivity index (χ4n) is 2.03. The van der Waals surface area contributed by atoms with Gasteiger partial charge in [-0.05, 0) is 26.0 Å². The zero-order valence-corrected chi connectivity index (χ0v) is 17.5. The van der Waals surface area contributed by atoms with Crippen LogP contribution in [0, 0.1) is 5.41 Å². The Kier molecular flexibility index (Phi) is 10.4. The molecule has 0 radical (unpaired) electrons. The highest BCUT2D eigenvalue weighted by Gasteiger charge is 2.27. The second-order valence-corrected chi connectivity index (χ2v) is 5.95. The molecule has 1 rings (SSSR count). The molecule has 0 aliphatic rings. The summed E-state index contributed by atoms with van der Waals surface area (Å²) in [7, 11) is 5.31. The molecule has 0 aliphatic heterocycles. The quantitative estimate of drug-likeness (QED) is 0.381. The lowest BCUT2D eigenvalue weighted by atomic mass is 9.92. The average Bonchev–Trinajstić information content (AvgIpc) is 2.55. The van der Waals surface area contributed by atoms with Crippen LogP contribution >= 0.6 is 24.0 Å². The molecule has 0 fully saturated rings. The molecule has 0 atom stereocenters. The van der Waals surface area contributed by atoms with Crippen molar-refractivity contribution in [2.75, 3.05) is 40.8 Å². The first kappa shape index (κ1) is 22.5. The fraction of sp³-hybridized carbons (Fsp3) is 0.529. The van der Waals surface area contributed by atoms with Crippen molar-refractivity contribution in [3.63, 3.8) is 0 Å². The van der Waals surface area contributed by atoms with Gasteiger partial charge in [-0.3, -0.25) is 9.79 Å². The van der Waals surface area contributed by atoms with Crippen molar-refractivity contribution in [2.45, 2.75) is 13.8 Å². The van der Waals surface area contributed by atoms with Gasteiger partial charge < -0.3 is 20.3 Å². The highest BCUT2D eigenvalue weighted by molar-refractivity contribution is 14.0. The summed E-state index contributed by atoms with van der Waals surface area (Å²) < 4.78 is 5.68. The molecule has 2 N–H and O–H groups in total. The predicted molar refractivity (Wildman–Crippen MR) is 109 cm³/mol. The van der Waals surface area contributed by atoms with E-state index in [-0.39, 0.29) is 29.9 Å². The van der Waals surface area contributed by atoms with Crippen LogP contribution in [0.3, 0.4) is 0 Å². The van der Waals surface area contributed by atoms with Crippen molar-refractivity contribution < 1.29 is 9.53 Å². The van der Waals surface area contributed by atoms with Crippen LogP contribution in [0.2, 0.25) is 0 Å². The Bertz CT molecular complexity index is 521. The maximum absolute atomic E-state index is 11.8. The molecule has 0 bridgehead atoms. The molecule has 0 aliphatic carbocycles. The number of hydrogen-bond donors (Lipinski definition) is 2. The maximum atomic E-state index is 11.8. The third-order valence-electron chi connectivity index (χ3n) is 3.54. The summed E-state index contributed by atoms with van der Waals surface area (Å²) >= 11 is 0. The molecule has 6 nitrogen and oxygen atoms in total. The van der Waals surface area contributed by atoms with Gasteiger partial charge in [0.05, 0.1) is 12.0 Å². The van der Waals surface area contributed by atoms with Gasteiger partial charge in [-0.2, -0.15) is 0 Å². The summed E-state index contributed by atoms with van der Waals surface area (Å²) in [4.78, 5) is 18.0. The number of nitrogens with zero attached hydrogens (tertiary/aromatic N) is 2. The van der Waals surface area contributed by atoms with Crippen molar-refractivity contribution in [1.29, 1.82) is 0 Å². The average molecular weight is 448 g/mol. The van der Waals surface area contributed by atoms with Crippen LogP contribution in [0.25, 0.3) is 0 Å². The second kappa shape index (κ2) is 11.1. The SMILES string of the molecule is CN=C(NCC(C)(C)C(=O)NC)N(C)CCOc1ccccc1.I. The number of nitrogens with one attached hydrogen (secondary N) is 2. The Labute approximate surface area is 162 Å². The van der Waals surface area contributed by atoms with E-state index in [1.54, 1.807) is 14.1 Å². The van der Waals surface area contributed by atoms with Crippen molar-refractivity contribution in [2.24, 2.45) is 10.4 Å². The van der Waals surface area contributed by atoms with Crippen LogP contribution in [0.5, 0.6) is 5.75 Å². The minimum Gasteiger partial charge on any atom is -0.492 e. The zero-order chi connectivity index (χ0) is 17.3. The van der Waals surface area contributed by atoms with Gasteiger partial charge in [0.15, 0.2) is 5.96 Å². The molecule has 7 heteroatoms. The number of carbonyl (C=O) groups excluding carboxylic acids is 1. The molecule has 0 aromatic heterocycles. The van der Waals surface area contributed by atoms with Crippen LogP contribution in [0.4, 0.5) is 0 Å². The van der Waals surface area contributed by atoms with E-state index in [9.17, 15) is 4.79 Å². The van der Waals surface area contributed by atoms with Gasteiger partial charge in [-0.25, -0.2) is 0 Å². The minimum atomic E-state index is -0.508. The number of halogens is 1. The molecule has 24 heavy (non-hydrogen) atoms. The van der Waals surface area contributed by atoms with Crippen LogP contribution in [0.15, 0.2) is 35.3 Å². The molecule has 136 valence electrons. The number of benzene rings is 1. The normalized spacial score (nSPS) is 11.3. The van der Waals surface area contributed by atoms with Crippen molar-refractivity contribution in [1.82, 2.24) is 15.5 Å². The number of carbonyl (C=O) groups is 1. The Hall–Kier alpha value is -1.51. The van der Waals surface area contributed by atoms with E-state index in [2.05, 4.69) is 15.6 Å². The maximum Gasteiger partial charge on any atom is 0.227 e. The van der Waals surface area contributed by atoms with E-state index >= 15 is 0 Å². The molecule has 0 saturated carbocycles. The lowest BCUT2D eigenvalue weighted by Crippen LogP contribution is -2.48. The predicted octanol–water partition coefficient (Wildman–Crippen LogP) is 1.96. The number of guanidine groups is 1. The lowest BCUT2D eigenvalue weighted by Gasteiger charge is -2.27. The van der Waals surface area contributed by atoms with Gasteiger partial charge in [0.1, 0.15) is 12.4 Å². The Balaban J connectivity index is 0.00000529. The van der Waals surface area contributed by atoms with Crippen molar-refractivity contribution >= 4 is 35.8 Å². The van der Waals surface area contributed by atoms with Crippen LogP contribution in [0.1, 0.15) is 13.8 Å². The molecule has 0 saturated heterocycles. The lowest BCUT2D eigenvalue weighted by molar-refractivity contribution is -0.128. The minimum absolute atomic E-state index is 0. The summed E-state index contributed by atoms with van der Waals surface area (Å²) in [6.07, 6.45) is 0. The van der Waals surface area contributed by atoms with E-state index in [0.717, 1.165) is 11.7 Å². The van der Waals surface area contributed by atoms with E-state index in [4.69, 9.17) is 4.74 Å². The number of aliphatic imine (C=N–C) groups is 1. The van der Waals surface area contributed by atoms with Gasteiger partial charge in [-0.1, -0.05) is 18.2 Å². The smallest absolute Gasteiger partial charge is 0.227 e. The van der Waals surface area contributed by atoms with Crippen molar-refractivity contribution in [3.8, 4) is 5.75 Å². The van der Waals surface area contributed by atoms with E-state index in [1.807, 2.05) is 56.1 Å². The Morgan fingerprint density at radius 1 is 1.29 bits per heavy atom. The summed E-state index contributed by atoms with van der Waals surface area (Å²) in [6, 6.07) is 9.71. The Morgan fingerprint density at radius 3 is 2.46 bits per heavy atom. The third-order valence-corrected chi connectivity index (χ3v) is 3.54. The van der Waals surface area contributed by atoms with Gasteiger partial charge in [0.2, 0.25) is 5.91 Å². The molecule has 0 heterocycles. The first-order valence-corrected chi connectivity index (χ1v) is 7.72. The third kappa shape index (κ3) is 7.37. The summed E-state index contributed by atoms with van der Waals surface area (Å²) in [5.41, 5.74) is -0.508. The van der Waals surface area contributed by atoms with Crippen molar-refractivity contribution in [3.05, 3.63) is 30.3 Å². The summed E-state index contributed by atoms with van der Waals surface area (Å²) in [6.45, 7) is 5.54. The number of ether oxygens (including phenoxy) is 1. The Morgan fingerprint density at radius 2 is 1.92 bits per heavy atom.